The van der Waals surface area contributed by atoms with Crippen molar-refractivity contribution in [1.82, 2.24) is 4.90 Å². The van der Waals surface area contributed by atoms with Gasteiger partial charge in [0.25, 0.3) is 0 Å². The molecule has 2 amide bonds. The number of unbranched alkanes of at least 4 members (excludes halogenated alkanes) is 24. The van der Waals surface area contributed by atoms with Gasteiger partial charge in [0.2, 0.25) is 17.4 Å². The molecule has 0 aromatic carbocycles. The van der Waals surface area contributed by atoms with Crippen LogP contribution in [0.25, 0.3) is 0 Å². The molecule has 0 aliphatic heterocycles. The first-order valence-electron chi connectivity index (χ1n) is 22.7. The Morgan fingerprint density at radius 3 is 1.18 bits per heavy atom. The van der Waals surface area contributed by atoms with Gasteiger partial charge in [0.1, 0.15) is 0 Å². The Morgan fingerprint density at radius 2 is 0.873 bits per heavy atom. The summed E-state index contributed by atoms with van der Waals surface area (Å²) in [5, 5.41) is 10.7. The number of carboxylic acid groups (broad SMARTS) is 1. The number of nitrogens with zero attached hydrogens (tertiary/aromatic N) is 1. The van der Waals surface area contributed by atoms with Crippen LogP contribution in [0.15, 0.2) is 0 Å². The number of imide groups is 1. The number of ether oxygens (including phenoxy) is 1. The summed E-state index contributed by atoms with van der Waals surface area (Å²) < 4.78 is 5.51. The summed E-state index contributed by atoms with van der Waals surface area (Å²) in [7, 11) is 0. The van der Waals surface area contributed by atoms with Crippen LogP contribution in [0.3, 0.4) is 0 Å². The van der Waals surface area contributed by atoms with E-state index in [2.05, 4.69) is 20.8 Å². The van der Waals surface area contributed by atoms with Gasteiger partial charge < -0.3 is 17.0 Å². The minimum absolute atomic E-state index is 0. The van der Waals surface area contributed by atoms with Crippen molar-refractivity contribution in [3.63, 3.8) is 0 Å². The van der Waals surface area contributed by atoms with Crippen LogP contribution >= 0.6 is 0 Å². The Kier molecular flexibility index (Phi) is 38.8. The molecule has 3 N–H and O–H groups in total. The first kappa shape index (κ1) is 55.8. The molecule has 1 unspecified atom stereocenters. The van der Waals surface area contributed by atoms with Gasteiger partial charge in [-0.15, -0.1) is 0 Å². The van der Waals surface area contributed by atoms with Crippen molar-refractivity contribution in [2.45, 2.75) is 239 Å². The van der Waals surface area contributed by atoms with Gasteiger partial charge in [0.05, 0.1) is 12.5 Å². The summed E-state index contributed by atoms with van der Waals surface area (Å²) in [6.07, 6.45) is 27.4. The second-order valence-electron chi connectivity index (χ2n) is 15.6. The molecule has 0 heterocycles. The van der Waals surface area contributed by atoms with Gasteiger partial charge in [-0.05, 0) is 45.6 Å². The maximum Gasteiger partial charge on any atom is 1.00 e. The second-order valence-corrected chi connectivity index (χ2v) is 15.6. The Balaban J connectivity index is -0.0000140. The molecule has 10 heteroatoms. The molecule has 0 aliphatic carbocycles. The molecule has 0 aliphatic rings. The summed E-state index contributed by atoms with van der Waals surface area (Å²) in [6.45, 7) is 8.17. The topological polar surface area (TPSA) is 144 Å². The van der Waals surface area contributed by atoms with Crippen molar-refractivity contribution >= 4 is 29.5 Å². The van der Waals surface area contributed by atoms with E-state index < -0.39 is 41.0 Å². The zero-order valence-electron chi connectivity index (χ0n) is 37.5. The standard InChI is InChI=1S/C45H84N2O7.Na.H/c1-5-9-12-15-18-21-24-27-30-35-40(48)45(44(53)54-8-4,39(43(51)52)34-33-38-46)47(41(49)36-31-28-25-22-19-16-13-10-6-2)42(50)37-32-29-26-23-20-17-14-11-7-3;;/h39H,5-38,46H2,1-4H3,(H,51,52);;/q;+1;-1/t39?,45-;;/m1../s1. The predicted molar refractivity (Wildman–Crippen MR) is 222 cm³/mol. The molecule has 0 aromatic rings. The molecule has 2 atom stereocenters. The molecule has 0 radical (unpaired) electrons. The Labute approximate surface area is 361 Å². The number of carbonyl (C=O) groups is 5. The number of aliphatic carboxylic acids is 1. The Morgan fingerprint density at radius 1 is 0.545 bits per heavy atom. The van der Waals surface area contributed by atoms with Crippen LogP contribution in [-0.2, 0) is 28.7 Å². The number of rotatable bonds is 39. The van der Waals surface area contributed by atoms with E-state index in [9.17, 15) is 29.1 Å². The minimum atomic E-state index is -2.58. The van der Waals surface area contributed by atoms with E-state index in [4.69, 9.17) is 10.5 Å². The summed E-state index contributed by atoms with van der Waals surface area (Å²) >= 11 is 0. The second kappa shape index (κ2) is 38.2. The molecular weight excluding hydrogens is 703 g/mol. The van der Waals surface area contributed by atoms with Crippen LogP contribution in [0.4, 0.5) is 0 Å². The van der Waals surface area contributed by atoms with E-state index in [1.165, 1.54) is 77.0 Å². The first-order valence-corrected chi connectivity index (χ1v) is 22.7. The number of amides is 2. The van der Waals surface area contributed by atoms with Crippen molar-refractivity contribution in [3.05, 3.63) is 0 Å². The number of esters is 1. The SMILES string of the molecule is CCCCCCCCCCCC(=O)N(C(=O)CCCCCCCCCCC)[C@](C(=O)CCCCCCCCCCC)(C(=O)OCC)C(CCCN)C(=O)O.[H-].[Na+]. The fourth-order valence-corrected chi connectivity index (χ4v) is 7.61. The monoisotopic (exact) mass is 789 g/mol. The van der Waals surface area contributed by atoms with Gasteiger partial charge in [0, 0.05) is 19.3 Å². The summed E-state index contributed by atoms with van der Waals surface area (Å²) in [6, 6.07) is 0. The largest absolute Gasteiger partial charge is 1.00 e. The van der Waals surface area contributed by atoms with Crippen LogP contribution in [0, 0.1) is 5.92 Å². The van der Waals surface area contributed by atoms with Crippen LogP contribution in [0.1, 0.15) is 235 Å². The molecule has 0 spiro atoms. The average Bonchev–Trinajstić information content (AvgIpc) is 3.15. The summed E-state index contributed by atoms with van der Waals surface area (Å²) in [4.78, 5) is 71.6. The van der Waals surface area contributed by atoms with Crippen LogP contribution in [0.2, 0.25) is 0 Å². The average molecular weight is 789 g/mol. The first-order chi connectivity index (χ1) is 26.2. The zero-order chi connectivity index (χ0) is 40.3. The number of ketones is 1. The molecule has 0 aromatic heterocycles. The maximum atomic E-state index is 14.7. The molecule has 0 saturated heterocycles. The molecule has 0 saturated carbocycles. The molecule has 0 bridgehead atoms. The van der Waals surface area contributed by atoms with Gasteiger partial charge in [-0.3, -0.25) is 24.1 Å². The fourth-order valence-electron chi connectivity index (χ4n) is 7.61. The number of hydrogen-bond donors (Lipinski definition) is 2. The third-order valence-electron chi connectivity index (χ3n) is 10.9. The molecule has 0 fully saturated rings. The van der Waals surface area contributed by atoms with Gasteiger partial charge in [-0.25, -0.2) is 4.79 Å². The predicted octanol–water partition coefficient (Wildman–Crippen LogP) is 8.53. The number of carboxylic acids is 1. The quantitative estimate of drug-likeness (QED) is 0.0273. The van der Waals surface area contributed by atoms with Crippen molar-refractivity contribution in [2.75, 3.05) is 13.2 Å². The smallest absolute Gasteiger partial charge is 1.00 e. The van der Waals surface area contributed by atoms with E-state index in [0.717, 1.165) is 81.9 Å². The fraction of sp³-hybridized carbons (Fsp3) is 0.889. The molecule has 55 heavy (non-hydrogen) atoms. The van der Waals surface area contributed by atoms with Crippen molar-refractivity contribution in [1.29, 1.82) is 0 Å². The van der Waals surface area contributed by atoms with E-state index >= 15 is 0 Å². The van der Waals surface area contributed by atoms with Gasteiger partial charge >= 0.3 is 41.5 Å². The molecule has 0 rings (SSSR count). The van der Waals surface area contributed by atoms with Crippen molar-refractivity contribution < 1.29 is 64.8 Å². The maximum absolute atomic E-state index is 14.7. The van der Waals surface area contributed by atoms with E-state index in [1.54, 1.807) is 6.92 Å². The summed E-state index contributed by atoms with van der Waals surface area (Å²) in [5.41, 5.74) is 3.25. The molecule has 9 nitrogen and oxygen atoms in total. The van der Waals surface area contributed by atoms with E-state index in [1.807, 2.05) is 0 Å². The number of Topliss-reactive ketones (excluding diaryl/α,β-unsaturated/α-hetero) is 1. The molecular formula is C45H85N2NaO7. The van der Waals surface area contributed by atoms with Gasteiger partial charge in [0.15, 0.2) is 5.78 Å². The summed E-state index contributed by atoms with van der Waals surface area (Å²) in [5.74, 6) is -6.22. The number of hydrogen-bond acceptors (Lipinski definition) is 7. The third-order valence-corrected chi connectivity index (χ3v) is 10.9. The van der Waals surface area contributed by atoms with E-state index in [0.29, 0.717) is 19.3 Å². The normalized spacial score (nSPS) is 12.7. The van der Waals surface area contributed by atoms with Crippen LogP contribution in [-0.4, -0.2) is 58.2 Å². The van der Waals surface area contributed by atoms with E-state index in [-0.39, 0.29) is 76.2 Å². The van der Waals surface area contributed by atoms with Gasteiger partial charge in [-0.1, -0.05) is 175 Å². The Bertz CT molecular complexity index is 968. The minimum Gasteiger partial charge on any atom is -1.00 e. The third kappa shape index (κ3) is 24.3. The molecule has 318 valence electrons. The van der Waals surface area contributed by atoms with Crippen LogP contribution < -0.4 is 35.3 Å². The number of nitrogens with two attached hydrogens (primary N) is 1. The van der Waals surface area contributed by atoms with Crippen molar-refractivity contribution in [3.8, 4) is 0 Å². The van der Waals surface area contributed by atoms with Crippen LogP contribution in [0.5, 0.6) is 0 Å². The van der Waals surface area contributed by atoms with Gasteiger partial charge in [-0.2, -0.15) is 0 Å². The van der Waals surface area contributed by atoms with Crippen molar-refractivity contribution in [2.24, 2.45) is 11.7 Å². The Hall–Kier alpha value is -1.29. The number of carbonyl (C=O) groups excluding carboxylic acids is 4. The zero-order valence-corrected chi connectivity index (χ0v) is 38.5.